The Morgan fingerprint density at radius 1 is 0.921 bits per heavy atom. The number of likely N-dealkylation sites (tertiary alicyclic amines) is 1. The number of methoxy groups -OCH3 is 1. The largest absolute Gasteiger partial charge is 0.497 e. The highest BCUT2D eigenvalue weighted by Crippen LogP contribution is 2.35. The van der Waals surface area contributed by atoms with Crippen LogP contribution in [0.2, 0.25) is 0 Å². The number of rotatable bonds is 6. The normalized spacial score (nSPS) is 14.7. The van der Waals surface area contributed by atoms with Gasteiger partial charge in [0, 0.05) is 29.7 Å². The van der Waals surface area contributed by atoms with Crippen LogP contribution in [-0.4, -0.2) is 50.9 Å². The topological polar surface area (TPSA) is 79.3 Å². The minimum absolute atomic E-state index is 0.673. The van der Waals surface area contributed by atoms with Crippen LogP contribution >= 0.6 is 0 Å². The zero-order chi connectivity index (χ0) is 25.5. The van der Waals surface area contributed by atoms with Crippen LogP contribution in [0, 0.1) is 0 Å². The molecule has 1 N–H and O–H groups in total. The molecular weight excluding hydrogens is 472 g/mol. The fraction of sp³-hybridized carbons (Fsp3) is 0.194. The summed E-state index contributed by atoms with van der Waals surface area (Å²) in [5.41, 5.74) is 9.06. The van der Waals surface area contributed by atoms with E-state index < -0.39 is 0 Å². The van der Waals surface area contributed by atoms with Crippen molar-refractivity contribution in [2.75, 3.05) is 20.2 Å². The van der Waals surface area contributed by atoms with Gasteiger partial charge in [0.15, 0.2) is 0 Å². The molecule has 5 aromatic rings. The molecule has 0 unspecified atom stereocenters. The van der Waals surface area contributed by atoms with Gasteiger partial charge >= 0.3 is 0 Å². The molecule has 186 valence electrons. The van der Waals surface area contributed by atoms with Gasteiger partial charge in [0.25, 0.3) is 0 Å². The minimum Gasteiger partial charge on any atom is -0.497 e. The van der Waals surface area contributed by atoms with Crippen molar-refractivity contribution < 1.29 is 4.74 Å². The van der Waals surface area contributed by atoms with E-state index in [1.54, 1.807) is 13.3 Å². The van der Waals surface area contributed by atoms with Gasteiger partial charge in [-0.25, -0.2) is 15.0 Å². The Kier molecular flexibility index (Phi) is 5.58. The molecule has 0 atom stereocenters. The Labute approximate surface area is 220 Å². The van der Waals surface area contributed by atoms with E-state index in [4.69, 9.17) is 14.7 Å². The van der Waals surface area contributed by atoms with Crippen molar-refractivity contribution in [3.63, 3.8) is 0 Å². The van der Waals surface area contributed by atoms with Crippen LogP contribution in [-0.2, 0) is 6.54 Å². The molecule has 0 aliphatic carbocycles. The predicted octanol–water partition coefficient (Wildman–Crippen LogP) is 6.04. The number of nitrogens with one attached hydrogen (secondary N) is 1. The molecule has 7 heteroatoms. The zero-order valence-electron chi connectivity index (χ0n) is 21.1. The number of benzene rings is 2. The smallest absolute Gasteiger partial charge is 0.150 e. The summed E-state index contributed by atoms with van der Waals surface area (Å²) in [6, 6.07) is 22.5. The number of pyridine rings is 2. The lowest BCUT2D eigenvalue weighted by Gasteiger charge is -2.15. The van der Waals surface area contributed by atoms with Gasteiger partial charge in [0.2, 0.25) is 0 Å². The highest BCUT2D eigenvalue weighted by molar-refractivity contribution is 6.05. The van der Waals surface area contributed by atoms with Crippen LogP contribution in [0.25, 0.3) is 39.1 Å². The molecule has 0 radical (unpaired) electrons. The van der Waals surface area contributed by atoms with Gasteiger partial charge in [0.05, 0.1) is 24.0 Å². The first-order chi connectivity index (χ1) is 18.7. The molecule has 0 spiro atoms. The lowest BCUT2D eigenvalue weighted by Crippen LogP contribution is -2.18. The van der Waals surface area contributed by atoms with Gasteiger partial charge in [-0.2, -0.15) is 0 Å². The molecule has 7 nitrogen and oxygen atoms in total. The van der Waals surface area contributed by atoms with Crippen molar-refractivity contribution in [1.29, 1.82) is 0 Å². The number of hydrogen-bond donors (Lipinski definition) is 1. The van der Waals surface area contributed by atoms with Crippen molar-refractivity contribution in [2.24, 2.45) is 4.99 Å². The summed E-state index contributed by atoms with van der Waals surface area (Å²) in [5.74, 6) is 4.60. The number of ether oxygens (including phenoxy) is 1. The van der Waals surface area contributed by atoms with Crippen LogP contribution in [0.3, 0.4) is 0 Å². The number of aromatic nitrogens is 4. The fourth-order valence-electron chi connectivity index (χ4n) is 5.28. The third-order valence-corrected chi connectivity index (χ3v) is 7.21. The molecular formula is C31H26N6O. The Balaban J connectivity index is 1.23. The standard InChI is InChI=1S/C31H26N6O/c1-38-23-9-5-8-22(17-23)28-30-27(12-13-32-28)35-31(36-30)24-18-33-26-11-10-25(34-29(24)26)21-7-4-6-20(16-21)19-37-14-2-3-15-37/h4-13,16-17H,2-3,14-15,19H2,1H3,(H,35,36). The van der Waals surface area contributed by atoms with Gasteiger partial charge in [0.1, 0.15) is 34.0 Å². The quantitative estimate of drug-likeness (QED) is 0.303. The average molecular weight is 499 g/mol. The number of aromatic amines is 1. The van der Waals surface area contributed by atoms with Crippen LogP contribution in [0.15, 0.2) is 77.9 Å². The SMILES string of the molecule is COc1cccc(-c2nccc3[nH]c(C4=C=Nc5ccc(-c6cccc(CN7CCCC7)c6)nc54)nc23)c1. The number of aliphatic imine (C=N–C) groups is 1. The molecule has 3 aromatic heterocycles. The minimum atomic E-state index is 0.673. The summed E-state index contributed by atoms with van der Waals surface area (Å²) in [6.07, 6.45) is 4.37. The van der Waals surface area contributed by atoms with E-state index in [1.807, 2.05) is 42.5 Å². The number of imidazole rings is 1. The van der Waals surface area contributed by atoms with Crippen LogP contribution in [0.1, 0.15) is 29.9 Å². The number of nitrogens with zero attached hydrogens (tertiary/aromatic N) is 5. The highest BCUT2D eigenvalue weighted by atomic mass is 16.5. The molecule has 0 amide bonds. The van der Waals surface area contributed by atoms with Crippen molar-refractivity contribution in [2.45, 2.75) is 19.4 Å². The van der Waals surface area contributed by atoms with E-state index >= 15 is 0 Å². The third-order valence-electron chi connectivity index (χ3n) is 7.21. The van der Waals surface area contributed by atoms with Gasteiger partial charge in [-0.05, 0) is 67.9 Å². The maximum absolute atomic E-state index is 5.41. The highest BCUT2D eigenvalue weighted by Gasteiger charge is 2.22. The van der Waals surface area contributed by atoms with Gasteiger partial charge < -0.3 is 9.72 Å². The Morgan fingerprint density at radius 2 is 1.79 bits per heavy atom. The van der Waals surface area contributed by atoms with Gasteiger partial charge in [-0.1, -0.05) is 30.3 Å². The molecule has 7 rings (SSSR count). The second kappa shape index (κ2) is 9.38. The van der Waals surface area contributed by atoms with Crippen LogP contribution in [0.4, 0.5) is 5.69 Å². The van der Waals surface area contributed by atoms with E-state index in [9.17, 15) is 0 Å². The Hall–Kier alpha value is -4.58. The lowest BCUT2D eigenvalue weighted by molar-refractivity contribution is 0.331. The van der Waals surface area contributed by atoms with Gasteiger partial charge in [-0.3, -0.25) is 9.88 Å². The van der Waals surface area contributed by atoms with Crippen LogP contribution < -0.4 is 4.74 Å². The average Bonchev–Trinajstić information content (AvgIpc) is 3.72. The monoisotopic (exact) mass is 498 g/mol. The maximum Gasteiger partial charge on any atom is 0.150 e. The Bertz CT molecular complexity index is 1740. The lowest BCUT2D eigenvalue weighted by atomic mass is 10.1. The summed E-state index contributed by atoms with van der Waals surface area (Å²) in [6.45, 7) is 3.34. The summed E-state index contributed by atoms with van der Waals surface area (Å²) in [7, 11) is 1.66. The van der Waals surface area contributed by atoms with Crippen molar-refractivity contribution in [1.82, 2.24) is 24.8 Å². The molecule has 38 heavy (non-hydrogen) atoms. The number of H-pyrrole nitrogens is 1. The summed E-state index contributed by atoms with van der Waals surface area (Å²) < 4.78 is 5.41. The summed E-state index contributed by atoms with van der Waals surface area (Å²) in [5, 5.41) is 0. The fourth-order valence-corrected chi connectivity index (χ4v) is 5.28. The summed E-state index contributed by atoms with van der Waals surface area (Å²) >= 11 is 0. The Morgan fingerprint density at radius 3 is 2.68 bits per heavy atom. The molecule has 2 aliphatic rings. The second-order valence-electron chi connectivity index (χ2n) is 9.72. The first-order valence-corrected chi connectivity index (χ1v) is 12.9. The first-order valence-electron chi connectivity index (χ1n) is 12.9. The van der Waals surface area contributed by atoms with E-state index in [1.165, 1.54) is 31.5 Å². The van der Waals surface area contributed by atoms with E-state index in [0.717, 1.165) is 62.8 Å². The third kappa shape index (κ3) is 4.08. The first kappa shape index (κ1) is 22.6. The zero-order valence-corrected chi connectivity index (χ0v) is 21.1. The molecule has 5 heterocycles. The number of fused-ring (bicyclic) bond motifs is 2. The van der Waals surface area contributed by atoms with E-state index in [0.29, 0.717) is 5.82 Å². The molecule has 0 saturated carbocycles. The second-order valence-corrected chi connectivity index (χ2v) is 9.72. The van der Waals surface area contributed by atoms with E-state index in [-0.39, 0.29) is 0 Å². The maximum atomic E-state index is 5.41. The predicted molar refractivity (Wildman–Crippen MR) is 150 cm³/mol. The van der Waals surface area contributed by atoms with Crippen molar-refractivity contribution in [3.8, 4) is 28.3 Å². The van der Waals surface area contributed by atoms with E-state index in [2.05, 4.69) is 50.0 Å². The van der Waals surface area contributed by atoms with Crippen molar-refractivity contribution >= 4 is 28.2 Å². The van der Waals surface area contributed by atoms with Crippen molar-refractivity contribution in [3.05, 3.63) is 90.0 Å². The molecule has 2 aliphatic heterocycles. The molecule has 0 bridgehead atoms. The summed E-state index contributed by atoms with van der Waals surface area (Å²) in [4.78, 5) is 25.0. The molecule has 1 saturated heterocycles. The number of hydrogen-bond acceptors (Lipinski definition) is 6. The van der Waals surface area contributed by atoms with Gasteiger partial charge in [-0.15, -0.1) is 0 Å². The molecule has 1 fully saturated rings. The molecule has 2 aromatic carbocycles. The van der Waals surface area contributed by atoms with Crippen LogP contribution in [0.5, 0.6) is 5.75 Å².